The number of imidazole rings is 1. The van der Waals surface area contributed by atoms with Gasteiger partial charge in [-0.1, -0.05) is 0 Å². The van der Waals surface area contributed by atoms with Crippen LogP contribution < -0.4 is 5.32 Å². The summed E-state index contributed by atoms with van der Waals surface area (Å²) in [6.07, 6.45) is 5.31. The van der Waals surface area contributed by atoms with Crippen molar-refractivity contribution in [3.8, 4) is 5.69 Å². The van der Waals surface area contributed by atoms with E-state index in [9.17, 15) is 27.7 Å². The number of carbonyl (C=O) groups is 1. The van der Waals surface area contributed by atoms with E-state index in [1.54, 1.807) is 6.20 Å². The monoisotopic (exact) mass is 404 g/mol. The van der Waals surface area contributed by atoms with Crippen molar-refractivity contribution >= 4 is 27.1 Å². The predicted octanol–water partition coefficient (Wildman–Crippen LogP) is 2.58. The molecule has 0 aliphatic heterocycles. The number of non-ortho nitro benzene ring substituents is 1. The summed E-state index contributed by atoms with van der Waals surface area (Å²) < 4.78 is 39.2. The molecule has 28 heavy (non-hydrogen) atoms. The molecule has 0 fully saturated rings. The van der Waals surface area contributed by atoms with Gasteiger partial charge in [0.1, 0.15) is 5.82 Å². The zero-order chi connectivity index (χ0) is 20.5. The first kappa shape index (κ1) is 19.2. The van der Waals surface area contributed by atoms with Crippen LogP contribution in [0.5, 0.6) is 0 Å². The molecule has 2 aromatic carbocycles. The molecule has 0 aliphatic rings. The van der Waals surface area contributed by atoms with Crippen molar-refractivity contribution in [1.29, 1.82) is 0 Å². The second-order valence-corrected chi connectivity index (χ2v) is 7.85. The van der Waals surface area contributed by atoms with Gasteiger partial charge >= 0.3 is 0 Å². The van der Waals surface area contributed by atoms with Crippen molar-refractivity contribution in [1.82, 2.24) is 9.55 Å². The fraction of sp³-hybridized carbons (Fsp3) is 0.0588. The summed E-state index contributed by atoms with van der Waals surface area (Å²) in [4.78, 5) is 26.1. The molecule has 9 nitrogen and oxygen atoms in total. The molecule has 1 heterocycles. The summed E-state index contributed by atoms with van der Waals surface area (Å²) in [5.74, 6) is -1.45. The van der Waals surface area contributed by atoms with Gasteiger partial charge in [-0.15, -0.1) is 0 Å². The van der Waals surface area contributed by atoms with Gasteiger partial charge in [0.15, 0.2) is 9.84 Å². The van der Waals surface area contributed by atoms with Gasteiger partial charge in [-0.25, -0.2) is 17.8 Å². The molecular weight excluding hydrogens is 391 g/mol. The van der Waals surface area contributed by atoms with Gasteiger partial charge < -0.3 is 9.88 Å². The maximum Gasteiger partial charge on any atom is 0.271 e. The molecule has 0 spiro atoms. The first-order valence-electron chi connectivity index (χ1n) is 7.74. The predicted molar refractivity (Wildman–Crippen MR) is 97.7 cm³/mol. The lowest BCUT2D eigenvalue weighted by atomic mass is 10.1. The van der Waals surface area contributed by atoms with Gasteiger partial charge in [0.25, 0.3) is 11.6 Å². The number of hydrogen-bond donors (Lipinski definition) is 1. The number of aromatic nitrogens is 2. The van der Waals surface area contributed by atoms with Gasteiger partial charge in [-0.2, -0.15) is 0 Å². The Kier molecular flexibility index (Phi) is 4.92. The zero-order valence-electron chi connectivity index (χ0n) is 14.4. The van der Waals surface area contributed by atoms with E-state index in [-0.39, 0.29) is 21.8 Å². The molecule has 0 saturated carbocycles. The number of carbonyl (C=O) groups excluding carboxylic acids is 1. The fourth-order valence-corrected chi connectivity index (χ4v) is 3.11. The second-order valence-electron chi connectivity index (χ2n) is 5.84. The third kappa shape index (κ3) is 4.04. The highest BCUT2D eigenvalue weighted by Crippen LogP contribution is 2.23. The number of nitro benzene ring substituents is 1. The SMILES string of the molecule is CS(=O)(=O)c1cc(C(=O)Nc2ccc(-n3ccnc3)c(F)c2)cc([N+](=O)[O-])c1. The second kappa shape index (κ2) is 7.19. The smallest absolute Gasteiger partial charge is 0.271 e. The molecule has 0 radical (unpaired) electrons. The highest BCUT2D eigenvalue weighted by molar-refractivity contribution is 7.90. The molecule has 0 atom stereocenters. The number of nitro groups is 1. The minimum Gasteiger partial charge on any atom is -0.322 e. The Balaban J connectivity index is 1.92. The van der Waals surface area contributed by atoms with Gasteiger partial charge in [-0.05, 0) is 24.3 Å². The summed E-state index contributed by atoms with van der Waals surface area (Å²) >= 11 is 0. The average Bonchev–Trinajstić information content (AvgIpc) is 3.15. The van der Waals surface area contributed by atoms with E-state index in [2.05, 4.69) is 10.3 Å². The lowest BCUT2D eigenvalue weighted by Gasteiger charge is -2.09. The summed E-state index contributed by atoms with van der Waals surface area (Å²) in [5.41, 5.74) is -0.479. The number of rotatable bonds is 5. The van der Waals surface area contributed by atoms with Crippen LogP contribution in [0.2, 0.25) is 0 Å². The number of amides is 1. The molecule has 144 valence electrons. The molecule has 11 heteroatoms. The highest BCUT2D eigenvalue weighted by atomic mass is 32.2. The molecule has 0 bridgehead atoms. The number of nitrogens with zero attached hydrogens (tertiary/aromatic N) is 3. The lowest BCUT2D eigenvalue weighted by molar-refractivity contribution is -0.385. The Morgan fingerprint density at radius 3 is 2.57 bits per heavy atom. The Hall–Kier alpha value is -3.60. The van der Waals surface area contributed by atoms with Crippen molar-refractivity contribution in [3.63, 3.8) is 0 Å². The van der Waals surface area contributed by atoms with E-state index >= 15 is 0 Å². The molecule has 3 rings (SSSR count). The van der Waals surface area contributed by atoms with E-state index in [1.165, 1.54) is 29.2 Å². The minimum absolute atomic E-state index is 0.0961. The van der Waals surface area contributed by atoms with Crippen LogP contribution in [0.3, 0.4) is 0 Å². The number of sulfone groups is 1. The molecule has 0 saturated heterocycles. The van der Waals surface area contributed by atoms with E-state index < -0.39 is 32.2 Å². The van der Waals surface area contributed by atoms with E-state index in [0.717, 1.165) is 30.5 Å². The highest BCUT2D eigenvalue weighted by Gasteiger charge is 2.19. The van der Waals surface area contributed by atoms with Crippen molar-refractivity contribution in [3.05, 3.63) is 76.6 Å². The Bertz CT molecular complexity index is 1180. The molecule has 1 amide bonds. The number of hydrogen-bond acceptors (Lipinski definition) is 6. The normalized spacial score (nSPS) is 11.2. The van der Waals surface area contributed by atoms with Crippen LogP contribution in [0.4, 0.5) is 15.8 Å². The van der Waals surface area contributed by atoms with E-state index in [4.69, 9.17) is 0 Å². The third-order valence-electron chi connectivity index (χ3n) is 3.78. The van der Waals surface area contributed by atoms with Crippen LogP contribution in [0.1, 0.15) is 10.4 Å². The van der Waals surface area contributed by atoms with Crippen LogP contribution in [0.15, 0.2) is 60.0 Å². The van der Waals surface area contributed by atoms with Gasteiger partial charge in [0.05, 0.1) is 21.8 Å². The molecular formula is C17H13FN4O5S. The van der Waals surface area contributed by atoms with Gasteiger partial charge in [-0.3, -0.25) is 14.9 Å². The Morgan fingerprint density at radius 1 is 1.25 bits per heavy atom. The number of benzene rings is 2. The maximum absolute atomic E-state index is 14.3. The molecule has 3 aromatic rings. The number of anilines is 1. The average molecular weight is 404 g/mol. The number of halogens is 1. The van der Waals surface area contributed by atoms with Crippen molar-refractivity contribution in [2.45, 2.75) is 4.90 Å². The van der Waals surface area contributed by atoms with Crippen molar-refractivity contribution in [2.75, 3.05) is 11.6 Å². The molecule has 1 aromatic heterocycles. The van der Waals surface area contributed by atoms with Crippen LogP contribution in [-0.4, -0.2) is 35.1 Å². The molecule has 0 unspecified atom stereocenters. The first-order valence-corrected chi connectivity index (χ1v) is 9.63. The van der Waals surface area contributed by atoms with Crippen molar-refractivity contribution in [2.24, 2.45) is 0 Å². The Morgan fingerprint density at radius 2 is 2.00 bits per heavy atom. The summed E-state index contributed by atoms with van der Waals surface area (Å²) in [7, 11) is -3.78. The maximum atomic E-state index is 14.3. The largest absolute Gasteiger partial charge is 0.322 e. The summed E-state index contributed by atoms with van der Waals surface area (Å²) in [6.45, 7) is 0. The quantitative estimate of drug-likeness (QED) is 0.515. The standard InChI is InChI=1S/C17H13FN4O5S/c1-28(26,27)14-7-11(6-13(9-14)22(24)25)17(23)20-12-2-3-16(15(18)8-12)21-5-4-19-10-21/h2-10H,1H3,(H,20,23). The zero-order valence-corrected chi connectivity index (χ0v) is 15.2. The van der Waals surface area contributed by atoms with Gasteiger partial charge in [0.2, 0.25) is 0 Å². The first-order chi connectivity index (χ1) is 13.1. The fourth-order valence-electron chi connectivity index (χ4n) is 2.43. The van der Waals surface area contributed by atoms with Crippen LogP contribution in [0.25, 0.3) is 5.69 Å². The van der Waals surface area contributed by atoms with Crippen molar-refractivity contribution < 1.29 is 22.5 Å². The van der Waals surface area contributed by atoms with Crippen LogP contribution in [0, 0.1) is 15.9 Å². The lowest BCUT2D eigenvalue weighted by Crippen LogP contribution is -2.14. The third-order valence-corrected chi connectivity index (χ3v) is 4.87. The Labute approximate surface area is 158 Å². The summed E-state index contributed by atoms with van der Waals surface area (Å²) in [5, 5.41) is 13.4. The summed E-state index contributed by atoms with van der Waals surface area (Å²) in [6, 6.07) is 6.76. The minimum atomic E-state index is -3.78. The number of nitrogens with one attached hydrogen (secondary N) is 1. The van der Waals surface area contributed by atoms with Crippen LogP contribution >= 0.6 is 0 Å². The van der Waals surface area contributed by atoms with Crippen LogP contribution in [-0.2, 0) is 9.84 Å². The van der Waals surface area contributed by atoms with E-state index in [1.807, 2.05) is 0 Å². The topological polar surface area (TPSA) is 124 Å². The molecule has 1 N–H and O–H groups in total. The van der Waals surface area contributed by atoms with Gasteiger partial charge in [0, 0.05) is 42.0 Å². The molecule has 0 aliphatic carbocycles. The van der Waals surface area contributed by atoms with E-state index in [0.29, 0.717) is 0 Å².